The number of carbonyl (C=O) groups excluding carboxylic acids is 1. The van der Waals surface area contributed by atoms with Gasteiger partial charge in [0.15, 0.2) is 11.0 Å². The molecule has 28 heavy (non-hydrogen) atoms. The number of aromatic nitrogens is 3. The largest absolute Gasteiger partial charge is 0.486 e. The number of hydrogen-bond donors (Lipinski definition) is 0. The molecule has 0 aliphatic carbocycles. The number of benzene rings is 2. The quantitative estimate of drug-likeness (QED) is 0.575. The van der Waals surface area contributed by atoms with Crippen LogP contribution in [0.5, 0.6) is 5.75 Å². The summed E-state index contributed by atoms with van der Waals surface area (Å²) in [6, 6.07) is 15.2. The summed E-state index contributed by atoms with van der Waals surface area (Å²) in [4.78, 5) is 14.5. The maximum Gasteiger partial charge on any atom is 0.237 e. The van der Waals surface area contributed by atoms with Gasteiger partial charge in [-0.2, -0.15) is 0 Å². The molecule has 144 valence electrons. The molecule has 0 saturated heterocycles. The van der Waals surface area contributed by atoms with Gasteiger partial charge in [-0.05, 0) is 42.3 Å². The maximum atomic E-state index is 12.6. The van der Waals surface area contributed by atoms with Crippen LogP contribution in [-0.4, -0.2) is 33.0 Å². The molecular weight excluding hydrogens is 396 g/mol. The van der Waals surface area contributed by atoms with Crippen LogP contribution >= 0.6 is 23.4 Å². The summed E-state index contributed by atoms with van der Waals surface area (Å²) in [7, 11) is 1.87. The molecule has 2 heterocycles. The van der Waals surface area contributed by atoms with Gasteiger partial charge in [0.25, 0.3) is 0 Å². The van der Waals surface area contributed by atoms with E-state index in [1.165, 1.54) is 17.3 Å². The van der Waals surface area contributed by atoms with E-state index in [9.17, 15) is 4.79 Å². The van der Waals surface area contributed by atoms with Gasteiger partial charge in [0.1, 0.15) is 12.4 Å². The SMILES string of the molecule is Cn1c(COc2ccc(Cl)cc2)nnc1SCC(=O)N1CCc2ccccc21. The topological polar surface area (TPSA) is 60.2 Å². The highest BCUT2D eigenvalue weighted by atomic mass is 35.5. The van der Waals surface area contributed by atoms with Gasteiger partial charge in [-0.15, -0.1) is 10.2 Å². The minimum Gasteiger partial charge on any atom is -0.486 e. The average Bonchev–Trinajstić information content (AvgIpc) is 3.29. The third-order valence-electron chi connectivity index (χ3n) is 4.62. The molecule has 0 N–H and O–H groups in total. The maximum absolute atomic E-state index is 12.6. The standard InChI is InChI=1S/C20H19ClN4O2S/c1-24-18(12-27-16-8-6-15(21)7-9-16)22-23-20(24)28-13-19(26)25-11-10-14-4-2-3-5-17(14)25/h2-9H,10-13H2,1H3. The van der Waals surface area contributed by atoms with Crippen molar-refractivity contribution < 1.29 is 9.53 Å². The Balaban J connectivity index is 1.34. The fraction of sp³-hybridized carbons (Fsp3) is 0.250. The van der Waals surface area contributed by atoms with Crippen molar-refractivity contribution in [3.05, 3.63) is 64.9 Å². The molecule has 1 amide bonds. The van der Waals surface area contributed by atoms with Crippen LogP contribution in [0.2, 0.25) is 5.02 Å². The summed E-state index contributed by atoms with van der Waals surface area (Å²) >= 11 is 7.26. The first kappa shape index (κ1) is 18.8. The lowest BCUT2D eigenvalue weighted by molar-refractivity contribution is -0.116. The Kier molecular flexibility index (Phi) is 5.54. The molecule has 8 heteroatoms. The third kappa shape index (κ3) is 4.00. The van der Waals surface area contributed by atoms with E-state index in [1.54, 1.807) is 24.3 Å². The number of anilines is 1. The van der Waals surface area contributed by atoms with Crippen molar-refractivity contribution in [2.75, 3.05) is 17.2 Å². The highest BCUT2D eigenvalue weighted by Gasteiger charge is 2.24. The van der Waals surface area contributed by atoms with E-state index in [1.807, 2.05) is 34.7 Å². The molecule has 0 fully saturated rings. The normalized spacial score (nSPS) is 12.9. The van der Waals surface area contributed by atoms with Gasteiger partial charge >= 0.3 is 0 Å². The van der Waals surface area contributed by atoms with Gasteiger partial charge < -0.3 is 14.2 Å². The third-order valence-corrected chi connectivity index (χ3v) is 5.88. The number of rotatable bonds is 6. The molecule has 0 spiro atoms. The van der Waals surface area contributed by atoms with Crippen LogP contribution in [0.3, 0.4) is 0 Å². The number of para-hydroxylation sites is 1. The number of thioether (sulfide) groups is 1. The Labute approximate surface area is 172 Å². The molecule has 0 bridgehead atoms. The van der Waals surface area contributed by atoms with Gasteiger partial charge in [0.2, 0.25) is 5.91 Å². The molecule has 6 nitrogen and oxygen atoms in total. The zero-order valence-corrected chi connectivity index (χ0v) is 16.9. The van der Waals surface area contributed by atoms with Crippen LogP contribution in [0.25, 0.3) is 0 Å². The van der Waals surface area contributed by atoms with Gasteiger partial charge in [0, 0.05) is 24.3 Å². The minimum absolute atomic E-state index is 0.0805. The van der Waals surface area contributed by atoms with Crippen molar-refractivity contribution in [1.82, 2.24) is 14.8 Å². The summed E-state index contributed by atoms with van der Waals surface area (Å²) in [5.41, 5.74) is 2.24. The molecule has 1 aliphatic heterocycles. The first-order valence-corrected chi connectivity index (χ1v) is 10.3. The van der Waals surface area contributed by atoms with Gasteiger partial charge in [-0.1, -0.05) is 41.6 Å². The summed E-state index contributed by atoms with van der Waals surface area (Å²) in [5.74, 6) is 1.80. The summed E-state index contributed by atoms with van der Waals surface area (Å²) < 4.78 is 7.57. The Hall–Kier alpha value is -2.51. The number of ether oxygens (including phenoxy) is 1. The molecule has 3 aromatic rings. The molecule has 0 saturated carbocycles. The molecule has 2 aromatic carbocycles. The van der Waals surface area contributed by atoms with Crippen LogP contribution in [0.15, 0.2) is 53.7 Å². The van der Waals surface area contributed by atoms with Crippen LogP contribution < -0.4 is 9.64 Å². The zero-order valence-electron chi connectivity index (χ0n) is 15.3. The Morgan fingerprint density at radius 3 is 2.79 bits per heavy atom. The second-order valence-corrected chi connectivity index (χ2v) is 7.79. The number of nitrogens with zero attached hydrogens (tertiary/aromatic N) is 4. The molecule has 1 aliphatic rings. The molecule has 0 unspecified atom stereocenters. The van der Waals surface area contributed by atoms with E-state index in [-0.39, 0.29) is 5.91 Å². The van der Waals surface area contributed by atoms with Crippen molar-refractivity contribution in [2.24, 2.45) is 7.05 Å². The van der Waals surface area contributed by atoms with E-state index < -0.39 is 0 Å². The molecule has 0 atom stereocenters. The van der Waals surface area contributed by atoms with Crippen LogP contribution in [0, 0.1) is 0 Å². The highest BCUT2D eigenvalue weighted by Crippen LogP contribution is 2.28. The Morgan fingerprint density at radius 1 is 1.18 bits per heavy atom. The molecule has 1 aromatic heterocycles. The van der Waals surface area contributed by atoms with Crippen molar-refractivity contribution >= 4 is 35.0 Å². The van der Waals surface area contributed by atoms with Gasteiger partial charge in [0.05, 0.1) is 5.75 Å². The van der Waals surface area contributed by atoms with Gasteiger partial charge in [-0.3, -0.25) is 4.79 Å². The predicted octanol–water partition coefficient (Wildman–Crippen LogP) is 3.73. The molecule has 4 rings (SSSR count). The second kappa shape index (κ2) is 8.24. The lowest BCUT2D eigenvalue weighted by atomic mass is 10.2. The Morgan fingerprint density at radius 2 is 1.96 bits per heavy atom. The highest BCUT2D eigenvalue weighted by molar-refractivity contribution is 7.99. The summed E-state index contributed by atoms with van der Waals surface area (Å²) in [5, 5.41) is 9.72. The summed E-state index contributed by atoms with van der Waals surface area (Å²) in [6.07, 6.45) is 0.905. The Bertz CT molecular complexity index is 990. The predicted molar refractivity (Wildman–Crippen MR) is 110 cm³/mol. The molecular formula is C20H19ClN4O2S. The number of fused-ring (bicyclic) bond motifs is 1. The van der Waals surface area contributed by atoms with Crippen LogP contribution in [-0.2, 0) is 24.9 Å². The minimum atomic E-state index is 0.0805. The molecule has 0 radical (unpaired) electrons. The van der Waals surface area contributed by atoms with E-state index in [0.717, 1.165) is 18.7 Å². The van der Waals surface area contributed by atoms with Crippen molar-refractivity contribution in [3.8, 4) is 5.75 Å². The van der Waals surface area contributed by atoms with E-state index >= 15 is 0 Å². The first-order chi connectivity index (χ1) is 13.6. The zero-order chi connectivity index (χ0) is 19.5. The number of carbonyl (C=O) groups is 1. The average molecular weight is 415 g/mol. The summed E-state index contributed by atoms with van der Waals surface area (Å²) in [6.45, 7) is 1.02. The van der Waals surface area contributed by atoms with Crippen molar-refractivity contribution in [2.45, 2.75) is 18.2 Å². The van der Waals surface area contributed by atoms with Crippen molar-refractivity contribution in [3.63, 3.8) is 0 Å². The number of halogens is 1. The van der Waals surface area contributed by atoms with Gasteiger partial charge in [-0.25, -0.2) is 0 Å². The fourth-order valence-electron chi connectivity index (χ4n) is 3.08. The number of hydrogen-bond acceptors (Lipinski definition) is 5. The lowest BCUT2D eigenvalue weighted by Gasteiger charge is -2.16. The van der Waals surface area contributed by atoms with Crippen LogP contribution in [0.4, 0.5) is 5.69 Å². The fourth-order valence-corrected chi connectivity index (χ4v) is 4.01. The van der Waals surface area contributed by atoms with Crippen LogP contribution in [0.1, 0.15) is 11.4 Å². The monoisotopic (exact) mass is 414 g/mol. The lowest BCUT2D eigenvalue weighted by Crippen LogP contribution is -2.30. The van der Waals surface area contributed by atoms with E-state index in [2.05, 4.69) is 16.3 Å². The smallest absolute Gasteiger partial charge is 0.237 e. The van der Waals surface area contributed by atoms with Crippen molar-refractivity contribution in [1.29, 1.82) is 0 Å². The first-order valence-electron chi connectivity index (χ1n) is 8.89. The van der Waals surface area contributed by atoms with E-state index in [0.29, 0.717) is 34.1 Å². The second-order valence-electron chi connectivity index (χ2n) is 6.41. The number of amides is 1. The van der Waals surface area contributed by atoms with E-state index in [4.69, 9.17) is 16.3 Å².